The number of fused-ring (bicyclic) bond motifs is 3. The van der Waals surface area contributed by atoms with Gasteiger partial charge in [0.25, 0.3) is 0 Å². The van der Waals surface area contributed by atoms with E-state index in [0.717, 1.165) is 35.5 Å². The number of carbonyl (C=O) groups excluding carboxylic acids is 1. The van der Waals surface area contributed by atoms with Crippen molar-refractivity contribution in [3.05, 3.63) is 95.1 Å². The lowest BCUT2D eigenvalue weighted by atomic mass is 9.88. The fourth-order valence-electron chi connectivity index (χ4n) is 6.03. The molecule has 3 aliphatic rings. The Labute approximate surface area is 224 Å². The summed E-state index contributed by atoms with van der Waals surface area (Å²) in [6.07, 6.45) is 0.687. The minimum absolute atomic E-state index is 0.218. The van der Waals surface area contributed by atoms with Crippen LogP contribution in [0.3, 0.4) is 0 Å². The van der Waals surface area contributed by atoms with E-state index in [1.165, 1.54) is 16.8 Å². The lowest BCUT2D eigenvalue weighted by Crippen LogP contribution is -2.49. The van der Waals surface area contributed by atoms with E-state index >= 15 is 0 Å². The van der Waals surface area contributed by atoms with Crippen LogP contribution in [-0.4, -0.2) is 54.6 Å². The minimum atomic E-state index is -0.508. The predicted octanol–water partition coefficient (Wildman–Crippen LogP) is 6.30. The second-order valence-electron chi connectivity index (χ2n) is 11.4. The number of benzene rings is 3. The van der Waals surface area contributed by atoms with E-state index in [-0.39, 0.29) is 12.0 Å². The smallest absolute Gasteiger partial charge is 0.410 e. The van der Waals surface area contributed by atoms with Gasteiger partial charge in [-0.05, 0) is 44.9 Å². The summed E-state index contributed by atoms with van der Waals surface area (Å²) in [6, 6.07) is 25.5. The summed E-state index contributed by atoms with van der Waals surface area (Å²) >= 11 is 0. The summed E-state index contributed by atoms with van der Waals surface area (Å²) in [5.41, 5.74) is 7.24. The van der Waals surface area contributed by atoms with Crippen molar-refractivity contribution < 1.29 is 14.3 Å². The summed E-state index contributed by atoms with van der Waals surface area (Å²) in [6.45, 7) is 9.26. The van der Waals surface area contributed by atoms with E-state index in [4.69, 9.17) is 14.5 Å². The standard InChI is InChI=1S/C32H35N3O3/c1-32(2,3)38-31(36)34-15-14-28-27(20-34)26-19-25(18-24-21-37-17-16-35(28)30(24)26)33-29(22-10-6-4-7-11-22)23-12-8-5-9-13-23/h4-13,18-19,27-28H,14-17,20-21H2,1-3H3/t27-,28-/m0/s1. The van der Waals surface area contributed by atoms with Gasteiger partial charge in [0.15, 0.2) is 0 Å². The first-order chi connectivity index (χ1) is 18.4. The molecule has 3 aromatic carbocycles. The molecule has 1 fully saturated rings. The predicted molar refractivity (Wildman–Crippen MR) is 151 cm³/mol. The number of carbonyl (C=O) groups is 1. The molecule has 2 atom stereocenters. The molecule has 0 unspecified atom stereocenters. The molecule has 0 spiro atoms. The van der Waals surface area contributed by atoms with Crippen LogP contribution < -0.4 is 4.90 Å². The Morgan fingerprint density at radius 2 is 1.66 bits per heavy atom. The van der Waals surface area contributed by atoms with Crippen molar-refractivity contribution >= 4 is 23.2 Å². The molecule has 0 saturated carbocycles. The summed E-state index contributed by atoms with van der Waals surface area (Å²) in [7, 11) is 0. The summed E-state index contributed by atoms with van der Waals surface area (Å²) < 4.78 is 11.8. The van der Waals surface area contributed by atoms with Gasteiger partial charge < -0.3 is 19.3 Å². The topological polar surface area (TPSA) is 54.4 Å². The van der Waals surface area contributed by atoms with Gasteiger partial charge in [0.1, 0.15) is 5.60 Å². The summed E-state index contributed by atoms with van der Waals surface area (Å²) in [4.78, 5) is 22.6. The average molecular weight is 510 g/mol. The highest BCUT2D eigenvalue weighted by atomic mass is 16.6. The third-order valence-corrected chi connectivity index (χ3v) is 7.59. The summed E-state index contributed by atoms with van der Waals surface area (Å²) in [5, 5.41) is 0. The second-order valence-corrected chi connectivity index (χ2v) is 11.4. The Kier molecular flexibility index (Phi) is 6.44. The van der Waals surface area contributed by atoms with Crippen LogP contribution in [0.25, 0.3) is 0 Å². The van der Waals surface area contributed by atoms with Crippen molar-refractivity contribution in [1.29, 1.82) is 0 Å². The zero-order valence-corrected chi connectivity index (χ0v) is 22.4. The maximum atomic E-state index is 13.0. The van der Waals surface area contributed by atoms with Gasteiger partial charge in [-0.15, -0.1) is 0 Å². The molecule has 3 heterocycles. The molecule has 38 heavy (non-hydrogen) atoms. The lowest BCUT2D eigenvalue weighted by molar-refractivity contribution is 0.0188. The fourth-order valence-corrected chi connectivity index (χ4v) is 6.03. The van der Waals surface area contributed by atoms with Gasteiger partial charge in [-0.1, -0.05) is 60.7 Å². The van der Waals surface area contributed by atoms with Crippen LogP contribution in [0.15, 0.2) is 77.8 Å². The molecular weight excluding hydrogens is 474 g/mol. The molecule has 3 aliphatic heterocycles. The van der Waals surface area contributed by atoms with E-state index < -0.39 is 5.60 Å². The van der Waals surface area contributed by atoms with Gasteiger partial charge in [0.2, 0.25) is 0 Å². The first-order valence-electron chi connectivity index (χ1n) is 13.6. The molecule has 196 valence electrons. The minimum Gasteiger partial charge on any atom is -0.444 e. The van der Waals surface area contributed by atoms with Crippen molar-refractivity contribution in [3.8, 4) is 0 Å². The van der Waals surface area contributed by atoms with Crippen LogP contribution >= 0.6 is 0 Å². The van der Waals surface area contributed by atoms with Crippen LogP contribution in [0, 0.1) is 0 Å². The van der Waals surface area contributed by atoms with E-state index in [0.29, 0.717) is 32.3 Å². The number of anilines is 1. The first kappa shape index (κ1) is 24.7. The van der Waals surface area contributed by atoms with Gasteiger partial charge in [0.05, 0.1) is 24.6 Å². The number of ether oxygens (including phenoxy) is 2. The van der Waals surface area contributed by atoms with E-state index in [9.17, 15) is 4.79 Å². The van der Waals surface area contributed by atoms with Gasteiger partial charge in [-0.2, -0.15) is 0 Å². The Morgan fingerprint density at radius 3 is 2.32 bits per heavy atom. The third-order valence-electron chi connectivity index (χ3n) is 7.59. The molecule has 0 bridgehead atoms. The molecule has 3 aromatic rings. The highest BCUT2D eigenvalue weighted by Crippen LogP contribution is 2.49. The zero-order valence-electron chi connectivity index (χ0n) is 22.4. The molecule has 6 heteroatoms. The SMILES string of the molecule is CC(C)(C)OC(=O)N1CC[C@H]2[C@@H](C1)c1cc(N=C(c3ccccc3)c3ccccc3)cc3c1N2CCOC3. The van der Waals surface area contributed by atoms with Crippen LogP contribution in [0.5, 0.6) is 0 Å². The van der Waals surface area contributed by atoms with Gasteiger partial charge >= 0.3 is 6.09 Å². The van der Waals surface area contributed by atoms with Crippen molar-refractivity contribution in [2.24, 2.45) is 4.99 Å². The molecule has 1 amide bonds. The summed E-state index contributed by atoms with van der Waals surface area (Å²) in [5.74, 6) is 0.218. The first-order valence-corrected chi connectivity index (χ1v) is 13.6. The number of rotatable bonds is 3. The van der Waals surface area contributed by atoms with E-state index in [2.05, 4.69) is 41.3 Å². The van der Waals surface area contributed by atoms with Gasteiger partial charge in [-0.3, -0.25) is 0 Å². The zero-order chi connectivity index (χ0) is 26.3. The van der Waals surface area contributed by atoms with E-state index in [1.807, 2.05) is 62.1 Å². The largest absolute Gasteiger partial charge is 0.444 e. The molecule has 1 saturated heterocycles. The molecule has 0 aliphatic carbocycles. The second kappa shape index (κ2) is 9.91. The lowest BCUT2D eigenvalue weighted by Gasteiger charge is -2.39. The van der Waals surface area contributed by atoms with Gasteiger partial charge in [-0.25, -0.2) is 9.79 Å². The molecule has 0 N–H and O–H groups in total. The molecule has 6 rings (SSSR count). The highest BCUT2D eigenvalue weighted by molar-refractivity contribution is 6.14. The monoisotopic (exact) mass is 509 g/mol. The van der Waals surface area contributed by atoms with Crippen LogP contribution in [0.2, 0.25) is 0 Å². The van der Waals surface area contributed by atoms with Crippen molar-refractivity contribution in [3.63, 3.8) is 0 Å². The number of piperidine rings is 1. The molecule has 0 aromatic heterocycles. The average Bonchev–Trinajstić information content (AvgIpc) is 3.06. The molecule has 0 radical (unpaired) electrons. The molecular formula is C32H35N3O3. The number of aliphatic imine (C=N–C) groups is 1. The number of hydrogen-bond acceptors (Lipinski definition) is 5. The van der Waals surface area contributed by atoms with Crippen molar-refractivity contribution in [1.82, 2.24) is 4.90 Å². The molecule has 6 nitrogen and oxygen atoms in total. The van der Waals surface area contributed by atoms with Gasteiger partial charge in [0, 0.05) is 54.0 Å². The van der Waals surface area contributed by atoms with Crippen molar-refractivity contribution in [2.45, 2.75) is 51.4 Å². The Hall–Kier alpha value is -3.64. The number of amides is 1. The van der Waals surface area contributed by atoms with Crippen LogP contribution in [0.4, 0.5) is 16.2 Å². The van der Waals surface area contributed by atoms with Crippen LogP contribution in [-0.2, 0) is 16.1 Å². The normalized spacial score (nSPS) is 20.3. The van der Waals surface area contributed by atoms with Crippen molar-refractivity contribution in [2.75, 3.05) is 31.1 Å². The number of likely N-dealkylation sites (tertiary alicyclic amines) is 1. The number of hydrogen-bond donors (Lipinski definition) is 0. The highest BCUT2D eigenvalue weighted by Gasteiger charge is 2.45. The fraction of sp³-hybridized carbons (Fsp3) is 0.375. The van der Waals surface area contributed by atoms with E-state index in [1.54, 1.807) is 0 Å². The number of nitrogens with zero attached hydrogens (tertiary/aromatic N) is 3. The Balaban J connectivity index is 1.42. The maximum Gasteiger partial charge on any atom is 0.410 e. The quantitative estimate of drug-likeness (QED) is 0.389. The maximum absolute atomic E-state index is 13.0. The van der Waals surface area contributed by atoms with Crippen LogP contribution in [0.1, 0.15) is 55.4 Å². The Bertz CT molecular complexity index is 1310. The Morgan fingerprint density at radius 1 is 0.974 bits per heavy atom. The third kappa shape index (κ3) is 4.81.